The predicted octanol–water partition coefficient (Wildman–Crippen LogP) is 1.90. The first-order valence-corrected chi connectivity index (χ1v) is 15.8. The van der Waals surface area contributed by atoms with Crippen LogP contribution in [0.4, 0.5) is 10.1 Å². The molecular formula is C23H32FN3O10P2. The van der Waals surface area contributed by atoms with Crippen LogP contribution >= 0.6 is 15.2 Å². The molecule has 1 atom stereocenters. The summed E-state index contributed by atoms with van der Waals surface area (Å²) in [6.07, 6.45) is 2.02. The van der Waals surface area contributed by atoms with Gasteiger partial charge in [-0.2, -0.15) is 0 Å². The Morgan fingerprint density at radius 2 is 1.90 bits per heavy atom. The van der Waals surface area contributed by atoms with Gasteiger partial charge in [0.05, 0.1) is 24.6 Å². The van der Waals surface area contributed by atoms with Crippen LogP contribution < -0.4 is 20.4 Å². The second kappa shape index (κ2) is 11.3. The van der Waals surface area contributed by atoms with Crippen LogP contribution in [0.3, 0.4) is 0 Å². The summed E-state index contributed by atoms with van der Waals surface area (Å²) in [4.78, 5) is 65.0. The minimum Gasteiger partial charge on any atom is -0.492 e. The standard InChI is InChI=1S/C23H32FN3O10P2/c1-13-11-26(8-7-25-13)20-17(24)10-15-19(22(20)36-2)27(14-5-6-14)12-16(21(15)28)23(29)37-9-3-4-18(38(30,31)32)39(33,34)35/h10,12-14,18,25H,3-9,11H2,1-2H3,(H2,30,31,32)(H2,33,34,35). The molecule has 4 rings (SSSR count). The van der Waals surface area contributed by atoms with Gasteiger partial charge in [0, 0.05) is 37.9 Å². The number of piperazine rings is 1. The maximum absolute atomic E-state index is 15.5. The van der Waals surface area contributed by atoms with E-state index >= 15 is 4.39 Å². The monoisotopic (exact) mass is 591 g/mol. The molecule has 2 aromatic rings. The van der Waals surface area contributed by atoms with Gasteiger partial charge in [-0.3, -0.25) is 13.9 Å². The number of carbonyl (C=O) groups is 1. The third kappa shape index (κ3) is 6.38. The Hall–Kier alpha value is -2.31. The highest BCUT2D eigenvalue weighted by Gasteiger charge is 2.42. The van der Waals surface area contributed by atoms with Crippen molar-refractivity contribution in [1.82, 2.24) is 9.88 Å². The molecule has 1 unspecified atom stereocenters. The summed E-state index contributed by atoms with van der Waals surface area (Å²) in [7, 11) is -8.82. The molecule has 216 valence electrons. The number of carbonyl (C=O) groups excluding carboxylic acids is 1. The van der Waals surface area contributed by atoms with Crippen molar-refractivity contribution in [3.8, 4) is 5.75 Å². The molecule has 2 aliphatic rings. The van der Waals surface area contributed by atoms with E-state index in [9.17, 15) is 38.3 Å². The van der Waals surface area contributed by atoms with Gasteiger partial charge < -0.3 is 43.8 Å². The van der Waals surface area contributed by atoms with Crippen LogP contribution in [0.15, 0.2) is 17.1 Å². The first-order chi connectivity index (χ1) is 18.2. The first-order valence-electron chi connectivity index (χ1n) is 12.4. The maximum Gasteiger partial charge on any atom is 0.343 e. The number of methoxy groups -OCH3 is 1. The fourth-order valence-electron chi connectivity index (χ4n) is 4.89. The molecule has 1 aromatic carbocycles. The van der Waals surface area contributed by atoms with Crippen molar-refractivity contribution in [3.05, 3.63) is 33.9 Å². The van der Waals surface area contributed by atoms with Gasteiger partial charge in [0.2, 0.25) is 5.43 Å². The topological polar surface area (TPSA) is 188 Å². The molecule has 1 saturated carbocycles. The molecule has 5 N–H and O–H groups in total. The van der Waals surface area contributed by atoms with Gasteiger partial charge in [-0.15, -0.1) is 0 Å². The summed E-state index contributed by atoms with van der Waals surface area (Å²) >= 11 is 0. The molecule has 0 spiro atoms. The van der Waals surface area contributed by atoms with E-state index in [1.165, 1.54) is 13.3 Å². The molecule has 1 saturated heterocycles. The van der Waals surface area contributed by atoms with Gasteiger partial charge >= 0.3 is 21.2 Å². The molecule has 1 aliphatic heterocycles. The SMILES string of the molecule is COc1c(N2CCNC(C)C2)c(F)cc2c(=O)c(C(=O)OCCCC(P(=O)(O)O)P(=O)(O)O)cn(C3CC3)c12. The number of pyridine rings is 1. The summed E-state index contributed by atoms with van der Waals surface area (Å²) in [6.45, 7) is 3.24. The highest BCUT2D eigenvalue weighted by atomic mass is 31.2. The average molecular weight is 591 g/mol. The number of nitrogens with zero attached hydrogens (tertiary/aromatic N) is 2. The van der Waals surface area contributed by atoms with Crippen molar-refractivity contribution >= 4 is 37.8 Å². The molecule has 0 bridgehead atoms. The van der Waals surface area contributed by atoms with E-state index < -0.39 is 50.8 Å². The molecule has 16 heteroatoms. The number of aromatic nitrogens is 1. The van der Waals surface area contributed by atoms with Gasteiger partial charge in [0.15, 0.2) is 17.0 Å². The lowest BCUT2D eigenvalue weighted by Crippen LogP contribution is -2.49. The molecule has 2 heterocycles. The Bertz CT molecular complexity index is 1400. The Morgan fingerprint density at radius 3 is 2.46 bits per heavy atom. The van der Waals surface area contributed by atoms with E-state index in [1.807, 2.05) is 11.8 Å². The summed E-state index contributed by atoms with van der Waals surface area (Å²) in [5.41, 5.74) is -0.518. The van der Waals surface area contributed by atoms with E-state index in [2.05, 4.69) is 5.32 Å². The highest BCUT2D eigenvalue weighted by molar-refractivity contribution is 7.70. The fourth-order valence-corrected chi connectivity index (χ4v) is 7.50. The van der Waals surface area contributed by atoms with Crippen molar-refractivity contribution in [3.63, 3.8) is 0 Å². The van der Waals surface area contributed by atoms with E-state index in [4.69, 9.17) is 9.47 Å². The second-order valence-electron chi connectivity index (χ2n) is 9.88. The molecule has 39 heavy (non-hydrogen) atoms. The van der Waals surface area contributed by atoms with Crippen LogP contribution in [0.5, 0.6) is 5.75 Å². The zero-order valence-corrected chi connectivity index (χ0v) is 23.2. The van der Waals surface area contributed by atoms with E-state index in [0.717, 1.165) is 18.9 Å². The Kier molecular flexibility index (Phi) is 8.58. The highest BCUT2D eigenvalue weighted by Crippen LogP contribution is 2.61. The molecule has 13 nitrogen and oxygen atoms in total. The third-order valence-electron chi connectivity index (χ3n) is 6.86. The van der Waals surface area contributed by atoms with Gasteiger partial charge in [0.25, 0.3) is 0 Å². The largest absolute Gasteiger partial charge is 0.492 e. The fraction of sp³-hybridized carbons (Fsp3) is 0.565. The number of fused-ring (bicyclic) bond motifs is 1. The molecule has 0 amide bonds. The van der Waals surface area contributed by atoms with E-state index in [0.29, 0.717) is 25.2 Å². The Morgan fingerprint density at radius 1 is 1.23 bits per heavy atom. The van der Waals surface area contributed by atoms with Crippen molar-refractivity contribution < 1.29 is 47.4 Å². The Balaban J connectivity index is 1.65. The predicted molar refractivity (Wildman–Crippen MR) is 140 cm³/mol. The van der Waals surface area contributed by atoms with E-state index in [-0.39, 0.29) is 40.9 Å². The number of esters is 1. The van der Waals surface area contributed by atoms with Crippen molar-refractivity contribution in [2.45, 2.75) is 50.1 Å². The van der Waals surface area contributed by atoms with Gasteiger partial charge in [-0.05, 0) is 38.7 Å². The molecule has 0 radical (unpaired) electrons. The van der Waals surface area contributed by atoms with Crippen LogP contribution in [0.1, 0.15) is 49.0 Å². The zero-order valence-electron chi connectivity index (χ0n) is 21.4. The number of nitrogens with one attached hydrogen (secondary N) is 1. The summed E-state index contributed by atoms with van der Waals surface area (Å²) in [5, 5.41) is 1.02. The van der Waals surface area contributed by atoms with Crippen molar-refractivity contribution in [1.29, 1.82) is 0 Å². The normalized spacial score (nSPS) is 18.6. The number of hydrogen-bond donors (Lipinski definition) is 5. The number of halogens is 1. The number of hydrogen-bond acceptors (Lipinski definition) is 8. The van der Waals surface area contributed by atoms with Gasteiger partial charge in [-0.1, -0.05) is 0 Å². The lowest BCUT2D eigenvalue weighted by Gasteiger charge is -2.35. The van der Waals surface area contributed by atoms with Gasteiger partial charge in [-0.25, -0.2) is 9.18 Å². The second-order valence-corrected chi connectivity index (χ2v) is 13.9. The van der Waals surface area contributed by atoms with Crippen LogP contribution in [-0.4, -0.2) is 74.9 Å². The average Bonchev–Trinajstić information content (AvgIpc) is 3.67. The summed E-state index contributed by atoms with van der Waals surface area (Å²) in [5.74, 6) is -1.51. The lowest BCUT2D eigenvalue weighted by atomic mass is 10.1. The molecule has 2 fully saturated rings. The van der Waals surface area contributed by atoms with E-state index in [1.54, 1.807) is 4.57 Å². The number of benzene rings is 1. The summed E-state index contributed by atoms with van der Waals surface area (Å²) in [6, 6.07) is 1.17. The molecular weight excluding hydrogens is 559 g/mol. The smallest absolute Gasteiger partial charge is 0.343 e. The summed E-state index contributed by atoms with van der Waals surface area (Å²) < 4.78 is 50.9. The van der Waals surface area contributed by atoms with Crippen LogP contribution in [0.25, 0.3) is 10.9 Å². The van der Waals surface area contributed by atoms with Crippen molar-refractivity contribution in [2.75, 3.05) is 38.3 Å². The third-order valence-corrected chi connectivity index (χ3v) is 10.7. The Labute approximate surface area is 223 Å². The van der Waals surface area contributed by atoms with Crippen LogP contribution in [0.2, 0.25) is 0 Å². The number of anilines is 1. The first kappa shape index (κ1) is 29.7. The quantitative estimate of drug-likeness (QED) is 0.154. The van der Waals surface area contributed by atoms with Crippen LogP contribution in [0, 0.1) is 5.82 Å². The number of rotatable bonds is 10. The molecule has 1 aliphatic carbocycles. The lowest BCUT2D eigenvalue weighted by molar-refractivity contribution is 0.0497. The zero-order chi connectivity index (χ0) is 28.7. The van der Waals surface area contributed by atoms with Crippen LogP contribution in [-0.2, 0) is 13.9 Å². The number of ether oxygens (including phenoxy) is 2. The van der Waals surface area contributed by atoms with Crippen molar-refractivity contribution in [2.24, 2.45) is 0 Å². The maximum atomic E-state index is 15.5. The van der Waals surface area contributed by atoms with Gasteiger partial charge in [0.1, 0.15) is 11.3 Å². The molecule has 1 aromatic heterocycles. The minimum absolute atomic E-state index is 0.0407. The minimum atomic E-state index is -5.11.